The van der Waals surface area contributed by atoms with Gasteiger partial charge in [-0.25, -0.2) is 4.79 Å². The quantitative estimate of drug-likeness (QED) is 0.796. The fourth-order valence-electron chi connectivity index (χ4n) is 3.19. The van der Waals surface area contributed by atoms with Gasteiger partial charge in [-0.05, 0) is 25.7 Å². The van der Waals surface area contributed by atoms with Gasteiger partial charge in [-0.2, -0.15) is 0 Å². The number of carbonyl (C=O) groups excluding carboxylic acids is 2. The molecule has 2 aliphatic rings. The zero-order chi connectivity index (χ0) is 14.7. The number of hydrogen-bond acceptors (Lipinski definition) is 3. The Kier molecular flexibility index (Phi) is 4.86. The van der Waals surface area contributed by atoms with Crippen LogP contribution in [0.3, 0.4) is 0 Å². The molecule has 2 aliphatic heterocycles. The summed E-state index contributed by atoms with van der Waals surface area (Å²) < 4.78 is 0. The molecule has 0 aliphatic carbocycles. The molecule has 0 aromatic heterocycles. The average Bonchev–Trinajstić information content (AvgIpc) is 2.94. The van der Waals surface area contributed by atoms with E-state index < -0.39 is 0 Å². The number of hydrogen-bond donors (Lipinski definition) is 1. The summed E-state index contributed by atoms with van der Waals surface area (Å²) in [5.41, 5.74) is 0. The minimum absolute atomic E-state index is 0.0253. The minimum atomic E-state index is -0.111. The highest BCUT2D eigenvalue weighted by atomic mass is 16.3. The summed E-state index contributed by atoms with van der Waals surface area (Å²) in [6.45, 7) is 2.01. The summed E-state index contributed by atoms with van der Waals surface area (Å²) in [7, 11) is 3.46. The summed E-state index contributed by atoms with van der Waals surface area (Å²) in [5.74, 6) is -0.00222. The molecule has 2 rings (SSSR count). The van der Waals surface area contributed by atoms with Gasteiger partial charge in [0.15, 0.2) is 0 Å². The first-order valence-corrected chi connectivity index (χ1v) is 7.42. The van der Waals surface area contributed by atoms with E-state index >= 15 is 0 Å². The normalized spacial score (nSPS) is 26.8. The topological polar surface area (TPSA) is 64.1 Å². The van der Waals surface area contributed by atoms with Gasteiger partial charge in [0.1, 0.15) is 0 Å². The summed E-state index contributed by atoms with van der Waals surface area (Å²) >= 11 is 0. The first-order valence-electron chi connectivity index (χ1n) is 7.42. The second kappa shape index (κ2) is 6.43. The van der Waals surface area contributed by atoms with Crippen molar-refractivity contribution >= 4 is 11.9 Å². The van der Waals surface area contributed by atoms with E-state index in [2.05, 4.69) is 0 Å². The van der Waals surface area contributed by atoms with Crippen molar-refractivity contribution < 1.29 is 14.7 Å². The Labute approximate surface area is 120 Å². The molecule has 0 bridgehead atoms. The maximum Gasteiger partial charge on any atom is 0.319 e. The fraction of sp³-hybridized carbons (Fsp3) is 0.857. The lowest BCUT2D eigenvalue weighted by Gasteiger charge is -2.36. The van der Waals surface area contributed by atoms with E-state index in [4.69, 9.17) is 0 Å². The van der Waals surface area contributed by atoms with E-state index in [1.165, 1.54) is 0 Å². The van der Waals surface area contributed by atoms with Crippen LogP contribution in [0.4, 0.5) is 4.79 Å². The molecule has 114 valence electrons. The Bertz CT molecular complexity index is 373. The van der Waals surface area contributed by atoms with E-state index in [0.717, 1.165) is 38.8 Å². The summed E-state index contributed by atoms with van der Waals surface area (Å²) in [4.78, 5) is 29.7. The lowest BCUT2D eigenvalue weighted by atomic mass is 9.96. The summed E-state index contributed by atoms with van der Waals surface area (Å²) in [6.07, 6.45) is 3.55. The number of nitrogens with zero attached hydrogens (tertiary/aromatic N) is 3. The molecule has 0 aromatic rings. The van der Waals surface area contributed by atoms with Crippen LogP contribution in [-0.4, -0.2) is 78.1 Å². The zero-order valence-corrected chi connectivity index (χ0v) is 12.4. The molecular formula is C14H25N3O3. The Morgan fingerprint density at radius 3 is 2.55 bits per heavy atom. The highest BCUT2D eigenvalue weighted by molar-refractivity contribution is 5.81. The van der Waals surface area contributed by atoms with Crippen molar-refractivity contribution in [1.82, 2.24) is 14.7 Å². The lowest BCUT2D eigenvalue weighted by molar-refractivity contribution is -0.138. The van der Waals surface area contributed by atoms with Crippen molar-refractivity contribution in [2.45, 2.75) is 31.7 Å². The van der Waals surface area contributed by atoms with Crippen molar-refractivity contribution in [2.75, 3.05) is 40.3 Å². The van der Waals surface area contributed by atoms with Crippen molar-refractivity contribution in [2.24, 2.45) is 5.92 Å². The van der Waals surface area contributed by atoms with Crippen molar-refractivity contribution in [3.05, 3.63) is 0 Å². The zero-order valence-electron chi connectivity index (χ0n) is 12.4. The van der Waals surface area contributed by atoms with Gasteiger partial charge < -0.3 is 19.8 Å². The van der Waals surface area contributed by atoms with Gasteiger partial charge in [-0.15, -0.1) is 0 Å². The minimum Gasteiger partial charge on any atom is -0.394 e. The van der Waals surface area contributed by atoms with E-state index in [9.17, 15) is 14.7 Å². The second-order valence-corrected chi connectivity index (χ2v) is 5.97. The van der Waals surface area contributed by atoms with E-state index in [0.29, 0.717) is 6.54 Å². The Hall–Kier alpha value is -1.30. The number of urea groups is 1. The van der Waals surface area contributed by atoms with Gasteiger partial charge in [-0.1, -0.05) is 0 Å². The van der Waals surface area contributed by atoms with Crippen LogP contribution >= 0.6 is 0 Å². The Morgan fingerprint density at radius 1 is 1.20 bits per heavy atom. The third-order valence-corrected chi connectivity index (χ3v) is 4.29. The number of aliphatic hydroxyl groups is 1. The second-order valence-electron chi connectivity index (χ2n) is 5.97. The van der Waals surface area contributed by atoms with E-state index in [1.54, 1.807) is 23.9 Å². The molecule has 0 saturated carbocycles. The maximum absolute atomic E-state index is 12.6. The Balaban J connectivity index is 1.98. The number of carbonyl (C=O) groups is 2. The van der Waals surface area contributed by atoms with Gasteiger partial charge in [0.2, 0.25) is 5.91 Å². The maximum atomic E-state index is 12.6. The van der Waals surface area contributed by atoms with Gasteiger partial charge in [0, 0.05) is 33.7 Å². The first-order chi connectivity index (χ1) is 9.54. The van der Waals surface area contributed by atoms with Crippen LogP contribution in [0.15, 0.2) is 0 Å². The van der Waals surface area contributed by atoms with Crippen LogP contribution in [0.5, 0.6) is 0 Å². The van der Waals surface area contributed by atoms with Crippen LogP contribution in [0.1, 0.15) is 25.7 Å². The molecule has 2 fully saturated rings. The van der Waals surface area contributed by atoms with Gasteiger partial charge in [0.25, 0.3) is 0 Å². The third-order valence-electron chi connectivity index (χ3n) is 4.29. The highest BCUT2D eigenvalue weighted by Gasteiger charge is 2.35. The molecule has 2 saturated heterocycles. The molecule has 6 nitrogen and oxygen atoms in total. The van der Waals surface area contributed by atoms with E-state index in [-0.39, 0.29) is 30.5 Å². The van der Waals surface area contributed by atoms with E-state index in [1.807, 2.05) is 4.90 Å². The van der Waals surface area contributed by atoms with Crippen LogP contribution in [-0.2, 0) is 4.79 Å². The number of rotatable bonds is 2. The number of amides is 3. The lowest BCUT2D eigenvalue weighted by Crippen LogP contribution is -2.50. The molecule has 2 heterocycles. The van der Waals surface area contributed by atoms with Gasteiger partial charge in [-0.3, -0.25) is 4.79 Å². The van der Waals surface area contributed by atoms with Crippen molar-refractivity contribution in [3.8, 4) is 0 Å². The van der Waals surface area contributed by atoms with Crippen molar-refractivity contribution in [3.63, 3.8) is 0 Å². The average molecular weight is 283 g/mol. The molecular weight excluding hydrogens is 258 g/mol. The molecule has 3 amide bonds. The van der Waals surface area contributed by atoms with Crippen LogP contribution in [0, 0.1) is 5.92 Å². The molecule has 20 heavy (non-hydrogen) atoms. The highest BCUT2D eigenvalue weighted by Crippen LogP contribution is 2.24. The molecule has 0 aromatic carbocycles. The molecule has 0 spiro atoms. The van der Waals surface area contributed by atoms with Crippen LogP contribution in [0.25, 0.3) is 0 Å². The number of aliphatic hydroxyl groups excluding tert-OH is 1. The molecule has 6 heteroatoms. The molecule has 0 radical (unpaired) electrons. The Morgan fingerprint density at radius 2 is 1.90 bits per heavy atom. The van der Waals surface area contributed by atoms with Crippen LogP contribution < -0.4 is 0 Å². The first kappa shape index (κ1) is 15.1. The SMILES string of the molecule is CN(C)C(=O)N1CCCC(C(=O)N2CCC[C@H]2CO)C1. The molecule has 1 N–H and O–H groups in total. The summed E-state index contributed by atoms with van der Waals surface area (Å²) in [6, 6.07) is -0.0509. The molecule has 2 atom stereocenters. The van der Waals surface area contributed by atoms with Crippen LogP contribution in [0.2, 0.25) is 0 Å². The largest absolute Gasteiger partial charge is 0.394 e. The van der Waals surface area contributed by atoms with Gasteiger partial charge >= 0.3 is 6.03 Å². The predicted octanol–water partition coefficient (Wildman–Crippen LogP) is 0.363. The fourth-order valence-corrected chi connectivity index (χ4v) is 3.19. The third kappa shape index (κ3) is 3.06. The monoisotopic (exact) mass is 283 g/mol. The predicted molar refractivity (Wildman–Crippen MR) is 75.2 cm³/mol. The smallest absolute Gasteiger partial charge is 0.319 e. The number of piperidine rings is 1. The van der Waals surface area contributed by atoms with Crippen molar-refractivity contribution in [1.29, 1.82) is 0 Å². The van der Waals surface area contributed by atoms with Gasteiger partial charge in [0.05, 0.1) is 18.6 Å². The summed E-state index contributed by atoms with van der Waals surface area (Å²) in [5, 5.41) is 9.33. The molecule has 1 unspecified atom stereocenters. The standard InChI is InChI=1S/C14H25N3O3/c1-15(2)14(20)16-7-3-5-11(9-16)13(19)17-8-4-6-12(17)10-18/h11-12,18H,3-10H2,1-2H3/t11?,12-/m0/s1. The number of likely N-dealkylation sites (tertiary alicyclic amines) is 2.